The number of ketones is 1. The van der Waals surface area contributed by atoms with Gasteiger partial charge in [-0.1, -0.05) is 24.3 Å². The van der Waals surface area contributed by atoms with Gasteiger partial charge in [0, 0.05) is 12.5 Å². The van der Waals surface area contributed by atoms with E-state index in [4.69, 9.17) is 9.47 Å². The van der Waals surface area contributed by atoms with Crippen molar-refractivity contribution in [1.29, 1.82) is 0 Å². The molecule has 1 amide bonds. The summed E-state index contributed by atoms with van der Waals surface area (Å²) in [5.41, 5.74) is -0.534. The van der Waals surface area contributed by atoms with Crippen LogP contribution in [-0.2, 0) is 30.3 Å². The molecule has 7 nitrogen and oxygen atoms in total. The van der Waals surface area contributed by atoms with Crippen LogP contribution in [0.5, 0.6) is 0 Å². The Labute approximate surface area is 153 Å². The zero-order chi connectivity index (χ0) is 19.7. The van der Waals surface area contributed by atoms with E-state index in [1.165, 1.54) is 13.8 Å². The normalized spacial score (nSPS) is 10.8. The summed E-state index contributed by atoms with van der Waals surface area (Å²) < 4.78 is 10.0. The number of amides is 1. The summed E-state index contributed by atoms with van der Waals surface area (Å²) in [5.74, 6) is -2.30. The summed E-state index contributed by atoms with van der Waals surface area (Å²) in [4.78, 5) is 48.0. The Morgan fingerprint density at radius 3 is 1.81 bits per heavy atom. The van der Waals surface area contributed by atoms with E-state index in [1.807, 2.05) is 0 Å². The average molecular weight is 363 g/mol. The molecule has 26 heavy (non-hydrogen) atoms. The van der Waals surface area contributed by atoms with Crippen molar-refractivity contribution in [2.45, 2.75) is 46.1 Å². The van der Waals surface area contributed by atoms with Crippen LogP contribution < -0.4 is 5.32 Å². The third-order valence-electron chi connectivity index (χ3n) is 3.79. The fourth-order valence-corrected chi connectivity index (χ4v) is 2.50. The number of hydrogen-bond donors (Lipinski definition) is 1. The van der Waals surface area contributed by atoms with Gasteiger partial charge in [0.1, 0.15) is 0 Å². The van der Waals surface area contributed by atoms with E-state index >= 15 is 0 Å². The molecule has 0 radical (unpaired) electrons. The summed E-state index contributed by atoms with van der Waals surface area (Å²) in [5, 5.41) is 2.42. The monoisotopic (exact) mass is 363 g/mol. The number of ether oxygens (including phenoxy) is 2. The molecule has 1 rings (SSSR count). The van der Waals surface area contributed by atoms with Crippen LogP contribution in [0.4, 0.5) is 0 Å². The number of esters is 2. The molecule has 0 aromatic heterocycles. The van der Waals surface area contributed by atoms with Crippen LogP contribution in [-0.4, -0.2) is 42.4 Å². The summed E-state index contributed by atoms with van der Waals surface area (Å²) in [7, 11) is 0. The molecule has 0 saturated carbocycles. The fraction of sp³-hybridized carbons (Fsp3) is 0.474. The molecule has 0 atom stereocenters. The van der Waals surface area contributed by atoms with Crippen LogP contribution in [0.3, 0.4) is 0 Å². The van der Waals surface area contributed by atoms with Crippen LogP contribution in [0.1, 0.15) is 50.0 Å². The molecule has 1 aromatic rings. The molecule has 1 aromatic carbocycles. The maximum absolute atomic E-state index is 12.5. The van der Waals surface area contributed by atoms with Crippen molar-refractivity contribution < 1.29 is 28.7 Å². The van der Waals surface area contributed by atoms with E-state index in [2.05, 4.69) is 5.32 Å². The van der Waals surface area contributed by atoms with E-state index in [9.17, 15) is 19.2 Å². The lowest BCUT2D eigenvalue weighted by Gasteiger charge is -2.29. The molecular formula is C19H25NO6. The van der Waals surface area contributed by atoms with Crippen LogP contribution in [0.2, 0.25) is 0 Å². The first kappa shape index (κ1) is 21.3. The van der Waals surface area contributed by atoms with Gasteiger partial charge in [-0.15, -0.1) is 0 Å². The molecule has 142 valence electrons. The van der Waals surface area contributed by atoms with E-state index < -0.39 is 23.4 Å². The largest absolute Gasteiger partial charge is 0.464 e. The van der Waals surface area contributed by atoms with Gasteiger partial charge in [0.05, 0.1) is 13.2 Å². The number of Topliss-reactive ketones (excluding diaryl/α,β-unsaturated/α-hetero) is 1. The lowest BCUT2D eigenvalue weighted by atomic mass is 9.90. The Morgan fingerprint density at radius 2 is 1.42 bits per heavy atom. The van der Waals surface area contributed by atoms with E-state index in [0.29, 0.717) is 12.0 Å². The number of aryl methyl sites for hydroxylation is 1. The van der Waals surface area contributed by atoms with Gasteiger partial charge in [0.2, 0.25) is 11.4 Å². The molecule has 7 heteroatoms. The number of nitrogens with one attached hydrogen (secondary N) is 1. The first-order valence-corrected chi connectivity index (χ1v) is 8.49. The van der Waals surface area contributed by atoms with Crippen molar-refractivity contribution in [1.82, 2.24) is 5.32 Å². The third-order valence-corrected chi connectivity index (χ3v) is 3.79. The lowest BCUT2D eigenvalue weighted by Crippen LogP contribution is -2.61. The zero-order valence-corrected chi connectivity index (χ0v) is 15.6. The molecule has 0 heterocycles. The maximum atomic E-state index is 12.5. The SMILES string of the molecule is CCOC(=O)C(CCc1ccc(C(C)=O)cc1)(NC(C)=O)C(=O)OCC. The van der Waals surface area contributed by atoms with Crippen molar-refractivity contribution in [3.8, 4) is 0 Å². The molecule has 0 saturated heterocycles. The molecule has 0 fully saturated rings. The van der Waals surface area contributed by atoms with Crippen LogP contribution >= 0.6 is 0 Å². The highest BCUT2D eigenvalue weighted by Crippen LogP contribution is 2.20. The van der Waals surface area contributed by atoms with Crippen molar-refractivity contribution in [2.75, 3.05) is 13.2 Å². The minimum Gasteiger partial charge on any atom is -0.464 e. The van der Waals surface area contributed by atoms with Gasteiger partial charge in [0.25, 0.3) is 0 Å². The van der Waals surface area contributed by atoms with Gasteiger partial charge in [-0.25, -0.2) is 9.59 Å². The molecule has 0 bridgehead atoms. The molecule has 0 aliphatic heterocycles. The topological polar surface area (TPSA) is 98.8 Å². The smallest absolute Gasteiger partial charge is 0.343 e. The molecule has 0 aliphatic carbocycles. The minimum atomic E-state index is -1.91. The quantitative estimate of drug-likeness (QED) is 0.408. The molecule has 1 N–H and O–H groups in total. The third kappa shape index (κ3) is 5.40. The summed E-state index contributed by atoms with van der Waals surface area (Å²) in [6.07, 6.45) is 0.278. The van der Waals surface area contributed by atoms with Crippen molar-refractivity contribution in [3.05, 3.63) is 35.4 Å². The van der Waals surface area contributed by atoms with Gasteiger partial charge in [-0.05, 0) is 39.2 Å². The second kappa shape index (κ2) is 9.70. The standard InChI is InChI=1S/C19H25NO6/c1-5-25-17(23)19(20-14(4)22,18(24)26-6-2)12-11-15-7-9-16(10-8-15)13(3)21/h7-10H,5-6,11-12H2,1-4H3,(H,20,22). The molecule has 0 aliphatic rings. The van der Waals surface area contributed by atoms with Gasteiger partial charge in [-0.3, -0.25) is 9.59 Å². The molecular weight excluding hydrogens is 338 g/mol. The molecule has 0 spiro atoms. The Morgan fingerprint density at radius 1 is 0.923 bits per heavy atom. The highest BCUT2D eigenvalue weighted by molar-refractivity contribution is 6.07. The molecule has 0 unspecified atom stereocenters. The van der Waals surface area contributed by atoms with Crippen LogP contribution in [0.15, 0.2) is 24.3 Å². The van der Waals surface area contributed by atoms with E-state index in [-0.39, 0.29) is 25.4 Å². The fourth-order valence-electron chi connectivity index (χ4n) is 2.50. The Balaban J connectivity index is 3.12. The summed E-state index contributed by atoms with van der Waals surface area (Å²) in [6, 6.07) is 6.83. The summed E-state index contributed by atoms with van der Waals surface area (Å²) >= 11 is 0. The Bertz CT molecular complexity index is 647. The second-order valence-electron chi connectivity index (χ2n) is 5.78. The van der Waals surface area contributed by atoms with Gasteiger partial charge in [0.15, 0.2) is 5.78 Å². The summed E-state index contributed by atoms with van der Waals surface area (Å²) in [6.45, 7) is 6.04. The first-order chi connectivity index (χ1) is 12.3. The van der Waals surface area contributed by atoms with E-state index in [1.54, 1.807) is 38.1 Å². The second-order valence-corrected chi connectivity index (χ2v) is 5.78. The Hall–Kier alpha value is -2.70. The predicted molar refractivity (Wildman–Crippen MR) is 94.6 cm³/mol. The number of hydrogen-bond acceptors (Lipinski definition) is 6. The minimum absolute atomic E-state index is 0.0241. The van der Waals surface area contributed by atoms with Gasteiger partial charge < -0.3 is 14.8 Å². The highest BCUT2D eigenvalue weighted by Gasteiger charge is 2.49. The number of benzene rings is 1. The van der Waals surface area contributed by atoms with Crippen LogP contribution in [0, 0.1) is 0 Å². The van der Waals surface area contributed by atoms with Gasteiger partial charge in [-0.2, -0.15) is 0 Å². The number of carbonyl (C=O) groups excluding carboxylic acids is 4. The number of carbonyl (C=O) groups is 4. The lowest BCUT2D eigenvalue weighted by molar-refractivity contribution is -0.168. The van der Waals surface area contributed by atoms with Crippen LogP contribution in [0.25, 0.3) is 0 Å². The van der Waals surface area contributed by atoms with Crippen molar-refractivity contribution in [2.24, 2.45) is 0 Å². The maximum Gasteiger partial charge on any atom is 0.343 e. The first-order valence-electron chi connectivity index (χ1n) is 8.49. The van der Waals surface area contributed by atoms with Crippen molar-refractivity contribution in [3.63, 3.8) is 0 Å². The van der Waals surface area contributed by atoms with Gasteiger partial charge >= 0.3 is 11.9 Å². The average Bonchev–Trinajstić information content (AvgIpc) is 2.59. The predicted octanol–water partition coefficient (Wildman–Crippen LogP) is 1.82. The highest BCUT2D eigenvalue weighted by atomic mass is 16.6. The number of rotatable bonds is 9. The van der Waals surface area contributed by atoms with Crippen molar-refractivity contribution >= 4 is 23.6 Å². The Kier molecular flexibility index (Phi) is 7.96. The zero-order valence-electron chi connectivity index (χ0n) is 15.6. The van der Waals surface area contributed by atoms with E-state index in [0.717, 1.165) is 5.56 Å².